The SMILES string of the molecule is CCOC(=O)N(C)COC1=C(c2c(Cl)cccc2Cl)C(=O)N(C(C)C)C1. The molecule has 26 heavy (non-hydrogen) atoms. The van der Waals surface area contributed by atoms with Crippen LogP contribution >= 0.6 is 23.2 Å². The first-order chi connectivity index (χ1) is 12.3. The zero-order valence-corrected chi connectivity index (χ0v) is 16.7. The summed E-state index contributed by atoms with van der Waals surface area (Å²) in [6, 6.07) is 5.03. The Balaban J connectivity index is 2.35. The standard InChI is InChI=1S/C18H22Cl2N2O4/c1-5-25-18(24)21(4)10-26-14-9-22(11(2)3)17(23)16(14)15-12(19)7-6-8-13(15)20/h6-8,11H,5,9-10H2,1-4H3. The Morgan fingerprint density at radius 1 is 1.31 bits per heavy atom. The van der Waals surface area contributed by atoms with Gasteiger partial charge in [0.2, 0.25) is 0 Å². The Hall–Kier alpha value is -1.92. The molecule has 8 heteroatoms. The number of rotatable bonds is 6. The minimum absolute atomic E-state index is 0.0253. The van der Waals surface area contributed by atoms with Crippen molar-refractivity contribution in [3.05, 3.63) is 39.6 Å². The van der Waals surface area contributed by atoms with Crippen molar-refractivity contribution in [2.24, 2.45) is 0 Å². The van der Waals surface area contributed by atoms with E-state index in [1.807, 2.05) is 13.8 Å². The number of nitrogens with zero attached hydrogens (tertiary/aromatic N) is 2. The molecule has 1 aromatic carbocycles. The zero-order valence-electron chi connectivity index (χ0n) is 15.2. The molecule has 0 bridgehead atoms. The number of hydrogen-bond donors (Lipinski definition) is 0. The van der Waals surface area contributed by atoms with Gasteiger partial charge in [-0.1, -0.05) is 29.3 Å². The van der Waals surface area contributed by atoms with Crippen LogP contribution in [0.2, 0.25) is 10.0 Å². The number of halogens is 2. The second kappa shape index (κ2) is 8.64. The van der Waals surface area contributed by atoms with Crippen LogP contribution < -0.4 is 0 Å². The molecule has 0 fully saturated rings. The van der Waals surface area contributed by atoms with Crippen molar-refractivity contribution in [3.8, 4) is 0 Å². The van der Waals surface area contributed by atoms with E-state index < -0.39 is 6.09 Å². The fourth-order valence-corrected chi connectivity index (χ4v) is 3.13. The van der Waals surface area contributed by atoms with Crippen molar-refractivity contribution in [2.45, 2.75) is 26.8 Å². The van der Waals surface area contributed by atoms with Gasteiger partial charge in [-0.05, 0) is 32.9 Å². The Morgan fingerprint density at radius 3 is 2.46 bits per heavy atom. The van der Waals surface area contributed by atoms with Crippen LogP contribution in [-0.4, -0.2) is 54.8 Å². The van der Waals surface area contributed by atoms with Gasteiger partial charge in [-0.15, -0.1) is 0 Å². The minimum atomic E-state index is -0.504. The molecular formula is C18H22Cl2N2O4. The number of carbonyl (C=O) groups is 2. The van der Waals surface area contributed by atoms with Gasteiger partial charge in [0.25, 0.3) is 5.91 Å². The summed E-state index contributed by atoms with van der Waals surface area (Å²) >= 11 is 12.6. The first-order valence-corrected chi connectivity index (χ1v) is 9.02. The lowest BCUT2D eigenvalue weighted by molar-refractivity contribution is -0.125. The van der Waals surface area contributed by atoms with E-state index in [1.165, 1.54) is 4.90 Å². The Morgan fingerprint density at radius 2 is 1.92 bits per heavy atom. The topological polar surface area (TPSA) is 59.1 Å². The molecule has 0 N–H and O–H groups in total. The quantitative estimate of drug-likeness (QED) is 0.676. The highest BCUT2D eigenvalue weighted by molar-refractivity contribution is 6.41. The number of carbonyl (C=O) groups excluding carboxylic acids is 2. The molecule has 0 saturated heterocycles. The van der Waals surface area contributed by atoms with Crippen LogP contribution in [0.4, 0.5) is 4.79 Å². The number of hydrogen-bond acceptors (Lipinski definition) is 4. The second-order valence-electron chi connectivity index (χ2n) is 6.09. The minimum Gasteiger partial charge on any atom is -0.475 e. The normalized spacial score (nSPS) is 14.3. The van der Waals surface area contributed by atoms with Crippen molar-refractivity contribution in [2.75, 3.05) is 26.9 Å². The monoisotopic (exact) mass is 400 g/mol. The molecular weight excluding hydrogens is 379 g/mol. The van der Waals surface area contributed by atoms with Crippen LogP contribution in [-0.2, 0) is 14.3 Å². The summed E-state index contributed by atoms with van der Waals surface area (Å²) in [6.07, 6.45) is -0.504. The number of amides is 2. The third-order valence-electron chi connectivity index (χ3n) is 3.92. The van der Waals surface area contributed by atoms with Crippen LogP contribution in [0.3, 0.4) is 0 Å². The van der Waals surface area contributed by atoms with Crippen molar-refractivity contribution in [1.29, 1.82) is 0 Å². The van der Waals surface area contributed by atoms with Crippen molar-refractivity contribution >= 4 is 40.8 Å². The fourth-order valence-electron chi connectivity index (χ4n) is 2.55. The smallest absolute Gasteiger partial charge is 0.412 e. The summed E-state index contributed by atoms with van der Waals surface area (Å²) in [4.78, 5) is 27.6. The lowest BCUT2D eigenvalue weighted by Gasteiger charge is -2.22. The lowest BCUT2D eigenvalue weighted by Crippen LogP contribution is -2.34. The fraction of sp³-hybridized carbons (Fsp3) is 0.444. The summed E-state index contributed by atoms with van der Waals surface area (Å²) in [6.45, 7) is 6.05. The Labute approximate surface area is 163 Å². The summed E-state index contributed by atoms with van der Waals surface area (Å²) in [5.41, 5.74) is 0.768. The molecule has 0 atom stereocenters. The predicted octanol–water partition coefficient (Wildman–Crippen LogP) is 4.02. The van der Waals surface area contributed by atoms with Gasteiger partial charge in [-0.2, -0.15) is 0 Å². The van der Waals surface area contributed by atoms with E-state index in [2.05, 4.69) is 0 Å². The molecule has 0 aliphatic carbocycles. The molecule has 1 aromatic rings. The first-order valence-electron chi connectivity index (χ1n) is 8.27. The third kappa shape index (κ3) is 4.24. The average Bonchev–Trinajstić information content (AvgIpc) is 2.90. The van der Waals surface area contributed by atoms with E-state index in [0.717, 1.165) is 0 Å². The Kier molecular flexibility index (Phi) is 6.78. The Bertz CT molecular complexity index is 714. The van der Waals surface area contributed by atoms with Gasteiger partial charge in [0.15, 0.2) is 6.73 Å². The molecule has 0 radical (unpaired) electrons. The van der Waals surface area contributed by atoms with Gasteiger partial charge in [-0.25, -0.2) is 4.79 Å². The van der Waals surface area contributed by atoms with Crippen molar-refractivity contribution in [3.63, 3.8) is 0 Å². The van der Waals surface area contributed by atoms with Crippen LogP contribution in [0.25, 0.3) is 5.57 Å². The van der Waals surface area contributed by atoms with Gasteiger partial charge in [0, 0.05) is 18.7 Å². The van der Waals surface area contributed by atoms with E-state index in [1.54, 1.807) is 37.1 Å². The van der Waals surface area contributed by atoms with Gasteiger partial charge >= 0.3 is 6.09 Å². The highest BCUT2D eigenvalue weighted by atomic mass is 35.5. The van der Waals surface area contributed by atoms with Gasteiger partial charge in [0.1, 0.15) is 5.76 Å². The molecule has 0 saturated carbocycles. The summed E-state index contributed by atoms with van der Waals surface area (Å²) in [5.74, 6) is 0.221. The number of ether oxygens (including phenoxy) is 2. The van der Waals surface area contributed by atoms with E-state index in [-0.39, 0.29) is 31.8 Å². The van der Waals surface area contributed by atoms with Gasteiger partial charge in [-0.3, -0.25) is 9.69 Å². The molecule has 2 rings (SSSR count). The van der Waals surface area contributed by atoms with E-state index >= 15 is 0 Å². The first kappa shape index (κ1) is 20.4. The average molecular weight is 401 g/mol. The predicted molar refractivity (Wildman–Crippen MR) is 101 cm³/mol. The molecule has 2 amide bonds. The third-order valence-corrected chi connectivity index (χ3v) is 4.55. The lowest BCUT2D eigenvalue weighted by atomic mass is 10.1. The number of benzene rings is 1. The molecule has 142 valence electrons. The summed E-state index contributed by atoms with van der Waals surface area (Å²) in [7, 11) is 1.55. The largest absolute Gasteiger partial charge is 0.475 e. The molecule has 0 spiro atoms. The van der Waals surface area contributed by atoms with Gasteiger partial charge < -0.3 is 14.4 Å². The highest BCUT2D eigenvalue weighted by Crippen LogP contribution is 2.38. The molecule has 1 aliphatic rings. The van der Waals surface area contributed by atoms with E-state index in [9.17, 15) is 9.59 Å². The van der Waals surface area contributed by atoms with Crippen LogP contribution in [0.15, 0.2) is 24.0 Å². The van der Waals surface area contributed by atoms with Crippen molar-refractivity contribution in [1.82, 2.24) is 9.80 Å². The molecule has 6 nitrogen and oxygen atoms in total. The second-order valence-corrected chi connectivity index (χ2v) is 6.91. The van der Waals surface area contributed by atoms with Crippen molar-refractivity contribution < 1.29 is 19.1 Å². The van der Waals surface area contributed by atoms with E-state index in [4.69, 9.17) is 32.7 Å². The maximum Gasteiger partial charge on any atom is 0.412 e. The molecule has 0 aromatic heterocycles. The summed E-state index contributed by atoms with van der Waals surface area (Å²) < 4.78 is 10.7. The maximum atomic E-state index is 12.9. The molecule has 0 unspecified atom stereocenters. The molecule has 1 aliphatic heterocycles. The zero-order chi connectivity index (χ0) is 19.4. The maximum absolute atomic E-state index is 12.9. The van der Waals surface area contributed by atoms with Gasteiger partial charge in [0.05, 0.1) is 28.8 Å². The summed E-state index contributed by atoms with van der Waals surface area (Å²) in [5, 5.41) is 0.734. The van der Waals surface area contributed by atoms with E-state index in [0.29, 0.717) is 26.9 Å². The van der Waals surface area contributed by atoms with Crippen LogP contribution in [0, 0.1) is 0 Å². The van der Waals surface area contributed by atoms with Crippen LogP contribution in [0.5, 0.6) is 0 Å². The highest BCUT2D eigenvalue weighted by Gasteiger charge is 2.36. The molecule has 1 heterocycles. The van der Waals surface area contributed by atoms with Crippen LogP contribution in [0.1, 0.15) is 26.3 Å².